The van der Waals surface area contributed by atoms with Crippen LogP contribution < -0.4 is 15.2 Å². The summed E-state index contributed by atoms with van der Waals surface area (Å²) in [5.41, 5.74) is 5.76. The summed E-state index contributed by atoms with van der Waals surface area (Å²) in [6.07, 6.45) is 0. The topological polar surface area (TPSA) is 44.5 Å². The van der Waals surface area contributed by atoms with Gasteiger partial charge < -0.3 is 15.2 Å². The van der Waals surface area contributed by atoms with Crippen LogP contribution in [0.5, 0.6) is 17.2 Å². The van der Waals surface area contributed by atoms with E-state index in [0.717, 1.165) is 12.1 Å². The largest absolute Gasteiger partial charge is 0.491 e. The fourth-order valence-corrected chi connectivity index (χ4v) is 2.33. The van der Waals surface area contributed by atoms with E-state index in [-0.39, 0.29) is 28.0 Å². The van der Waals surface area contributed by atoms with Crippen LogP contribution in [0.2, 0.25) is 5.02 Å². The molecule has 0 saturated carbocycles. The van der Waals surface area contributed by atoms with Gasteiger partial charge in [0.1, 0.15) is 11.6 Å². The van der Waals surface area contributed by atoms with Gasteiger partial charge in [0.2, 0.25) is 0 Å². The minimum Gasteiger partial charge on any atom is -0.491 e. The van der Waals surface area contributed by atoms with E-state index in [1.165, 1.54) is 12.1 Å². The first-order valence-corrected chi connectivity index (χ1v) is 7.13. The molecule has 7 heteroatoms. The van der Waals surface area contributed by atoms with Crippen LogP contribution in [0.3, 0.4) is 0 Å². The van der Waals surface area contributed by atoms with Gasteiger partial charge in [0.25, 0.3) is 0 Å². The summed E-state index contributed by atoms with van der Waals surface area (Å²) in [7, 11) is 0. The maximum Gasteiger partial charge on any atom is 0.167 e. The number of nitrogens with two attached hydrogens (primary N) is 1. The third-order valence-electron chi connectivity index (χ3n) is 2.56. The number of hydrogen-bond acceptors (Lipinski definition) is 3. The highest BCUT2D eigenvalue weighted by Crippen LogP contribution is 2.38. The second kappa shape index (κ2) is 6.49. The van der Waals surface area contributed by atoms with E-state index in [0.29, 0.717) is 11.1 Å². The average Bonchev–Trinajstić information content (AvgIpc) is 2.41. The molecule has 0 amide bonds. The van der Waals surface area contributed by atoms with Crippen LogP contribution in [-0.4, -0.2) is 6.61 Å². The van der Waals surface area contributed by atoms with E-state index < -0.39 is 11.6 Å². The SMILES string of the molecule is CCOc1cc(Oc2cc(F)c(Cl)cc2Br)c(N)cc1F. The summed E-state index contributed by atoms with van der Waals surface area (Å²) in [6.45, 7) is 2.01. The van der Waals surface area contributed by atoms with Gasteiger partial charge in [0, 0.05) is 18.2 Å². The van der Waals surface area contributed by atoms with Crippen molar-refractivity contribution in [1.29, 1.82) is 0 Å². The summed E-state index contributed by atoms with van der Waals surface area (Å²) < 4.78 is 38.1. The molecule has 0 bridgehead atoms. The fourth-order valence-electron chi connectivity index (χ4n) is 1.61. The molecular weight excluding hydrogens is 368 g/mol. The van der Waals surface area contributed by atoms with Crippen LogP contribution in [0.15, 0.2) is 28.7 Å². The molecule has 0 aliphatic carbocycles. The minimum atomic E-state index is -0.638. The zero-order chi connectivity index (χ0) is 15.6. The van der Waals surface area contributed by atoms with Gasteiger partial charge in [0.05, 0.1) is 21.8 Å². The molecule has 2 rings (SSSR count). The van der Waals surface area contributed by atoms with Crippen molar-refractivity contribution >= 4 is 33.2 Å². The lowest BCUT2D eigenvalue weighted by atomic mass is 10.2. The summed E-state index contributed by atoms with van der Waals surface area (Å²) in [6, 6.07) is 4.86. The van der Waals surface area contributed by atoms with E-state index in [4.69, 9.17) is 26.8 Å². The first-order valence-electron chi connectivity index (χ1n) is 5.96. The lowest BCUT2D eigenvalue weighted by Crippen LogP contribution is -1.99. The summed E-state index contributed by atoms with van der Waals surface area (Å²) >= 11 is 8.86. The van der Waals surface area contributed by atoms with Crippen LogP contribution in [0.4, 0.5) is 14.5 Å². The number of ether oxygens (including phenoxy) is 2. The molecule has 3 nitrogen and oxygen atoms in total. The van der Waals surface area contributed by atoms with Gasteiger partial charge in [-0.3, -0.25) is 0 Å². The van der Waals surface area contributed by atoms with Gasteiger partial charge in [-0.1, -0.05) is 11.6 Å². The fraction of sp³-hybridized carbons (Fsp3) is 0.143. The normalized spacial score (nSPS) is 10.5. The monoisotopic (exact) mass is 377 g/mol. The molecule has 0 fully saturated rings. The van der Waals surface area contributed by atoms with Crippen LogP contribution in [0.25, 0.3) is 0 Å². The first kappa shape index (κ1) is 15.9. The van der Waals surface area contributed by atoms with Crippen molar-refractivity contribution in [2.24, 2.45) is 0 Å². The van der Waals surface area contributed by atoms with Crippen LogP contribution in [0, 0.1) is 11.6 Å². The maximum atomic E-state index is 13.6. The highest BCUT2D eigenvalue weighted by atomic mass is 79.9. The van der Waals surface area contributed by atoms with Crippen molar-refractivity contribution in [2.75, 3.05) is 12.3 Å². The smallest absolute Gasteiger partial charge is 0.167 e. The Labute approximate surface area is 133 Å². The van der Waals surface area contributed by atoms with Crippen molar-refractivity contribution < 1.29 is 18.3 Å². The van der Waals surface area contributed by atoms with Crippen molar-refractivity contribution in [1.82, 2.24) is 0 Å². The number of benzene rings is 2. The standard InChI is InChI=1S/C14H11BrClF2NO2/c1-2-20-13-6-14(11(19)4-10(13)18)21-12-5-9(17)8(16)3-7(12)15/h3-6H,2,19H2,1H3. The molecule has 0 aliphatic heterocycles. The minimum absolute atomic E-state index is 0.00672. The number of halogens is 4. The highest BCUT2D eigenvalue weighted by Gasteiger charge is 2.14. The number of rotatable bonds is 4. The Hall–Kier alpha value is -1.53. The molecule has 0 spiro atoms. The number of nitrogen functional groups attached to an aromatic ring is 1. The Morgan fingerprint density at radius 2 is 1.81 bits per heavy atom. The predicted molar refractivity (Wildman–Crippen MR) is 81.2 cm³/mol. The Bertz CT molecular complexity index is 683. The van der Waals surface area contributed by atoms with Crippen molar-refractivity contribution in [2.45, 2.75) is 6.92 Å². The Morgan fingerprint density at radius 1 is 1.10 bits per heavy atom. The molecule has 21 heavy (non-hydrogen) atoms. The Kier molecular flexibility index (Phi) is 4.90. The molecule has 2 N–H and O–H groups in total. The molecule has 0 unspecified atom stereocenters. The highest BCUT2D eigenvalue weighted by molar-refractivity contribution is 9.10. The third kappa shape index (κ3) is 3.57. The zero-order valence-electron chi connectivity index (χ0n) is 10.9. The Morgan fingerprint density at radius 3 is 2.48 bits per heavy atom. The van der Waals surface area contributed by atoms with Gasteiger partial charge in [-0.25, -0.2) is 8.78 Å². The second-order valence-electron chi connectivity index (χ2n) is 4.05. The second-order valence-corrected chi connectivity index (χ2v) is 5.31. The van der Waals surface area contributed by atoms with Gasteiger partial charge in [0.15, 0.2) is 17.3 Å². The summed E-state index contributed by atoms with van der Waals surface area (Å²) in [5, 5.41) is -0.0451. The van der Waals surface area contributed by atoms with Crippen molar-refractivity contribution in [3.8, 4) is 17.2 Å². The van der Waals surface area contributed by atoms with Gasteiger partial charge in [-0.05, 0) is 28.9 Å². The molecule has 2 aromatic carbocycles. The van der Waals surface area contributed by atoms with Gasteiger partial charge in [-0.2, -0.15) is 0 Å². The first-order chi connectivity index (χ1) is 9.92. The molecular formula is C14H11BrClF2NO2. The van der Waals surface area contributed by atoms with Gasteiger partial charge >= 0.3 is 0 Å². The van der Waals surface area contributed by atoms with E-state index >= 15 is 0 Å². The van der Waals surface area contributed by atoms with Crippen LogP contribution >= 0.6 is 27.5 Å². The van der Waals surface area contributed by atoms with Crippen molar-refractivity contribution in [3.05, 3.63) is 45.4 Å². The number of hydrogen-bond donors (Lipinski definition) is 1. The average molecular weight is 379 g/mol. The zero-order valence-corrected chi connectivity index (χ0v) is 13.3. The number of anilines is 1. The molecule has 0 aliphatic rings. The summed E-state index contributed by atoms with van der Waals surface area (Å²) in [5.74, 6) is -0.907. The van der Waals surface area contributed by atoms with E-state index in [1.807, 2.05) is 0 Å². The molecule has 0 atom stereocenters. The molecule has 0 saturated heterocycles. The quantitative estimate of drug-likeness (QED) is 0.591. The van der Waals surface area contributed by atoms with E-state index in [1.54, 1.807) is 6.92 Å². The van der Waals surface area contributed by atoms with Crippen LogP contribution in [-0.2, 0) is 0 Å². The molecule has 2 aromatic rings. The molecule has 0 radical (unpaired) electrons. The van der Waals surface area contributed by atoms with Crippen molar-refractivity contribution in [3.63, 3.8) is 0 Å². The van der Waals surface area contributed by atoms with E-state index in [2.05, 4.69) is 15.9 Å². The maximum absolute atomic E-state index is 13.6. The molecule has 0 aromatic heterocycles. The molecule has 112 valence electrons. The van der Waals surface area contributed by atoms with Crippen LogP contribution in [0.1, 0.15) is 6.92 Å². The predicted octanol–water partition coefficient (Wildman–Crippen LogP) is 5.15. The molecule has 0 heterocycles. The Balaban J connectivity index is 2.39. The summed E-state index contributed by atoms with van der Waals surface area (Å²) in [4.78, 5) is 0. The van der Waals surface area contributed by atoms with E-state index in [9.17, 15) is 8.78 Å². The third-order valence-corrected chi connectivity index (χ3v) is 3.47. The lowest BCUT2D eigenvalue weighted by Gasteiger charge is -2.13. The lowest BCUT2D eigenvalue weighted by molar-refractivity contribution is 0.319. The van der Waals surface area contributed by atoms with Gasteiger partial charge in [-0.15, -0.1) is 0 Å².